The fourth-order valence-electron chi connectivity index (χ4n) is 4.44. The first-order valence-corrected chi connectivity index (χ1v) is 12.8. The van der Waals surface area contributed by atoms with Gasteiger partial charge >= 0.3 is 17.9 Å². The number of carbonyl (C=O) groups is 3. The molecule has 0 radical (unpaired) electrons. The minimum atomic E-state index is -0.994. The van der Waals surface area contributed by atoms with Gasteiger partial charge in [0.1, 0.15) is 5.75 Å². The molecule has 1 aliphatic heterocycles. The zero-order valence-corrected chi connectivity index (χ0v) is 22.1. The number of carboxylic acid groups (broad SMARTS) is 1. The number of anilines is 2. The molecule has 1 aliphatic rings. The molecule has 3 N–H and O–H groups in total. The third-order valence-corrected chi connectivity index (χ3v) is 7.24. The third kappa shape index (κ3) is 6.55. The molecule has 1 fully saturated rings. The maximum atomic E-state index is 13.4. The van der Waals surface area contributed by atoms with Crippen molar-refractivity contribution in [1.29, 1.82) is 0 Å². The van der Waals surface area contributed by atoms with Crippen LogP contribution in [0.1, 0.15) is 34.3 Å². The Morgan fingerprint density at radius 1 is 0.946 bits per heavy atom. The summed E-state index contributed by atoms with van der Waals surface area (Å²) in [5.41, 5.74) is 3.25. The maximum Gasteiger partial charge on any atom is 0.335 e. The molecule has 0 bridgehead atoms. The number of ether oxygens (including phenoxy) is 1. The summed E-state index contributed by atoms with van der Waals surface area (Å²) in [6.07, 6.45) is 2.15. The number of aryl methyl sites for hydroxylation is 1. The van der Waals surface area contributed by atoms with E-state index in [1.165, 1.54) is 12.1 Å². The monoisotopic (exact) mass is 566 g/mol. The van der Waals surface area contributed by atoms with Gasteiger partial charge in [0, 0.05) is 23.0 Å². The van der Waals surface area contributed by atoms with Crippen LogP contribution in [0, 0.1) is 6.92 Å². The third-order valence-electron chi connectivity index (χ3n) is 6.55. The predicted octanol–water partition coefficient (Wildman–Crippen LogP) is 5.82. The first-order valence-electron chi connectivity index (χ1n) is 12.0. The summed E-state index contributed by atoms with van der Waals surface area (Å²) in [5, 5.41) is 14.7. The molecule has 3 aromatic rings. The van der Waals surface area contributed by atoms with Crippen LogP contribution in [-0.4, -0.2) is 47.3 Å². The Balaban J connectivity index is 1.38. The highest BCUT2D eigenvalue weighted by Gasteiger charge is 2.40. The fourth-order valence-corrected chi connectivity index (χ4v) is 4.82. The molecule has 1 heterocycles. The zero-order chi connectivity index (χ0) is 26.4. The molecule has 8 nitrogen and oxygen atoms in total. The highest BCUT2D eigenvalue weighted by molar-refractivity contribution is 9.10. The molecule has 0 unspecified atom stereocenters. The first-order chi connectivity index (χ1) is 17.8. The Morgan fingerprint density at radius 2 is 1.62 bits per heavy atom. The van der Waals surface area contributed by atoms with Crippen LogP contribution in [0.5, 0.6) is 5.75 Å². The van der Waals surface area contributed by atoms with Crippen LogP contribution >= 0.6 is 15.9 Å². The number of urea groups is 1. The first kappa shape index (κ1) is 26.4. The van der Waals surface area contributed by atoms with Crippen LogP contribution in [0.3, 0.4) is 0 Å². The fraction of sp³-hybridized carbons (Fsp3) is 0.250. The van der Waals surface area contributed by atoms with Gasteiger partial charge in [-0.1, -0.05) is 24.3 Å². The van der Waals surface area contributed by atoms with E-state index in [0.717, 1.165) is 28.4 Å². The van der Waals surface area contributed by atoms with Gasteiger partial charge in [0.15, 0.2) is 0 Å². The van der Waals surface area contributed by atoms with Crippen molar-refractivity contribution in [2.24, 2.45) is 0 Å². The van der Waals surface area contributed by atoms with Crippen LogP contribution < -0.4 is 15.4 Å². The summed E-state index contributed by atoms with van der Waals surface area (Å²) >= 11 is 3.42. The van der Waals surface area contributed by atoms with Crippen LogP contribution in [-0.2, 0) is 11.2 Å². The highest BCUT2D eigenvalue weighted by atomic mass is 79.9. The van der Waals surface area contributed by atoms with E-state index in [-0.39, 0.29) is 35.1 Å². The number of aromatic carboxylic acids is 1. The Kier molecular flexibility index (Phi) is 8.25. The minimum absolute atomic E-state index is 0.0754. The Labute approximate surface area is 224 Å². The number of carboxylic acids is 1. The predicted molar refractivity (Wildman–Crippen MR) is 145 cm³/mol. The van der Waals surface area contributed by atoms with Gasteiger partial charge in [0.25, 0.3) is 0 Å². The standard InChI is InChI=1S/C28H28BrN3O5/c1-19-16-20(8-13-24(19)30-28(36)31-25-7-3-2-6-23(25)29)17-26(33)32(14-4-5-15-32)18-37-22-11-9-21(10-12-22)27(34)35/h2-3,6-13,16H,4-5,14-15,17-18H2,1H3,(H2-,30,31,34,35,36)/p+1. The van der Waals surface area contributed by atoms with E-state index in [1.54, 1.807) is 18.2 Å². The van der Waals surface area contributed by atoms with E-state index < -0.39 is 5.97 Å². The normalized spacial score (nSPS) is 14.1. The lowest BCUT2D eigenvalue weighted by atomic mass is 10.1. The summed E-state index contributed by atoms with van der Waals surface area (Å²) in [4.78, 5) is 37.0. The topological polar surface area (TPSA) is 105 Å². The molecule has 0 atom stereocenters. The molecule has 192 valence electrons. The summed E-state index contributed by atoms with van der Waals surface area (Å²) in [6, 6.07) is 18.8. The van der Waals surface area contributed by atoms with Crippen LogP contribution in [0.4, 0.5) is 16.2 Å². The second-order valence-corrected chi connectivity index (χ2v) is 10.0. The number of nitrogens with zero attached hydrogens (tertiary/aromatic N) is 1. The van der Waals surface area contributed by atoms with Crippen molar-refractivity contribution in [1.82, 2.24) is 0 Å². The number of quaternary nitrogens is 1. The number of benzene rings is 3. The number of nitrogens with one attached hydrogen (secondary N) is 2. The molecule has 9 heteroatoms. The molecular formula is C28H29BrN3O5+. The zero-order valence-electron chi connectivity index (χ0n) is 20.5. The number of para-hydroxylation sites is 1. The molecular weight excluding hydrogens is 538 g/mol. The lowest BCUT2D eigenvalue weighted by Gasteiger charge is -2.31. The molecule has 0 saturated carbocycles. The average molecular weight is 567 g/mol. The van der Waals surface area contributed by atoms with Gasteiger partial charge in [-0.3, -0.25) is 0 Å². The van der Waals surface area contributed by atoms with Crippen molar-refractivity contribution in [3.63, 3.8) is 0 Å². The Bertz CT molecular complexity index is 1300. The van der Waals surface area contributed by atoms with Gasteiger partial charge in [0.05, 0.1) is 30.8 Å². The van der Waals surface area contributed by atoms with E-state index in [0.29, 0.717) is 30.2 Å². The number of carbonyl (C=O) groups excluding carboxylic acids is 2. The summed E-state index contributed by atoms with van der Waals surface area (Å²) in [7, 11) is 0. The number of hydrogen-bond donors (Lipinski definition) is 3. The van der Waals surface area contributed by atoms with Crippen molar-refractivity contribution in [2.45, 2.75) is 26.2 Å². The molecule has 37 heavy (non-hydrogen) atoms. The molecule has 3 amide bonds. The second-order valence-electron chi connectivity index (χ2n) is 9.18. The van der Waals surface area contributed by atoms with Gasteiger partial charge in [0.2, 0.25) is 6.73 Å². The summed E-state index contributed by atoms with van der Waals surface area (Å²) in [5.74, 6) is -0.383. The van der Waals surface area contributed by atoms with Gasteiger partial charge in [-0.05, 0) is 76.4 Å². The SMILES string of the molecule is Cc1cc(CC(=O)[N+]2(COc3ccc(C(=O)O)cc3)CCCC2)ccc1NC(=O)Nc1ccccc1Br. The van der Waals surface area contributed by atoms with E-state index >= 15 is 0 Å². The van der Waals surface area contributed by atoms with Crippen LogP contribution in [0.25, 0.3) is 0 Å². The molecule has 0 aliphatic carbocycles. The van der Waals surface area contributed by atoms with Crippen molar-refractivity contribution < 1.29 is 28.7 Å². The molecule has 1 saturated heterocycles. The lowest BCUT2D eigenvalue weighted by Crippen LogP contribution is -2.53. The van der Waals surface area contributed by atoms with Crippen molar-refractivity contribution >= 4 is 45.2 Å². The lowest BCUT2D eigenvalue weighted by molar-refractivity contribution is -0.858. The smallest absolute Gasteiger partial charge is 0.335 e. The molecule has 0 spiro atoms. The minimum Gasteiger partial charge on any atom is -0.478 e. The largest absolute Gasteiger partial charge is 0.478 e. The van der Waals surface area contributed by atoms with E-state index in [4.69, 9.17) is 9.84 Å². The molecule has 0 aromatic heterocycles. The van der Waals surface area contributed by atoms with Gasteiger partial charge in [-0.15, -0.1) is 0 Å². The number of halogens is 1. The summed E-state index contributed by atoms with van der Waals surface area (Å²) in [6.45, 7) is 3.52. The van der Waals surface area contributed by atoms with Crippen LogP contribution in [0.15, 0.2) is 71.2 Å². The van der Waals surface area contributed by atoms with Crippen molar-refractivity contribution in [2.75, 3.05) is 30.5 Å². The number of rotatable bonds is 8. The Morgan fingerprint density at radius 3 is 2.27 bits per heavy atom. The molecule has 3 aromatic carbocycles. The maximum absolute atomic E-state index is 13.4. The molecule has 4 rings (SSSR count). The van der Waals surface area contributed by atoms with E-state index in [1.807, 2.05) is 43.3 Å². The quantitative estimate of drug-likeness (QED) is 0.298. The van der Waals surface area contributed by atoms with Gasteiger partial charge < -0.3 is 20.5 Å². The van der Waals surface area contributed by atoms with Crippen molar-refractivity contribution in [3.8, 4) is 5.75 Å². The summed E-state index contributed by atoms with van der Waals surface area (Å²) < 4.78 is 6.95. The van der Waals surface area contributed by atoms with Crippen LogP contribution in [0.2, 0.25) is 0 Å². The average Bonchev–Trinajstić information content (AvgIpc) is 3.36. The Hall–Kier alpha value is -3.69. The number of hydrogen-bond acceptors (Lipinski definition) is 4. The van der Waals surface area contributed by atoms with E-state index in [9.17, 15) is 14.4 Å². The van der Waals surface area contributed by atoms with E-state index in [2.05, 4.69) is 26.6 Å². The second kappa shape index (κ2) is 11.6. The highest BCUT2D eigenvalue weighted by Crippen LogP contribution is 2.26. The van der Waals surface area contributed by atoms with Crippen molar-refractivity contribution in [3.05, 3.63) is 87.9 Å². The number of likely N-dealkylation sites (tertiary alicyclic amines) is 1. The van der Waals surface area contributed by atoms with Gasteiger partial charge in [-0.25, -0.2) is 18.9 Å². The van der Waals surface area contributed by atoms with Gasteiger partial charge in [-0.2, -0.15) is 0 Å². The number of amides is 3.